The molecule has 1 aromatic rings. The topological polar surface area (TPSA) is 52.3 Å². The van der Waals surface area contributed by atoms with Crippen molar-refractivity contribution in [2.24, 2.45) is 5.73 Å². The maximum Gasteiger partial charge on any atom is 0.326 e. The van der Waals surface area contributed by atoms with E-state index in [9.17, 15) is 4.79 Å². The fourth-order valence-electron chi connectivity index (χ4n) is 2.45. The molecule has 1 aromatic carbocycles. The average molecular weight is 314 g/mol. The normalized spacial score (nSPS) is 25.6. The first-order valence-electron chi connectivity index (χ1n) is 6.86. The fraction of sp³-hybridized carbons (Fsp3) is 0.533. The lowest BCUT2D eigenvalue weighted by atomic mass is 10.00. The molecule has 3 nitrogen and oxygen atoms in total. The molecular formula is C15H20ClNO2S. The molecule has 110 valence electrons. The van der Waals surface area contributed by atoms with Crippen LogP contribution in [0.1, 0.15) is 31.7 Å². The Morgan fingerprint density at radius 2 is 2.30 bits per heavy atom. The largest absolute Gasteiger partial charge is 0.465 e. The first kappa shape index (κ1) is 15.7. The molecule has 0 aliphatic heterocycles. The van der Waals surface area contributed by atoms with E-state index in [2.05, 4.69) is 0 Å². The number of hydrogen-bond acceptors (Lipinski definition) is 4. The van der Waals surface area contributed by atoms with Crippen molar-refractivity contribution < 1.29 is 9.53 Å². The van der Waals surface area contributed by atoms with E-state index in [1.165, 1.54) is 0 Å². The summed E-state index contributed by atoms with van der Waals surface area (Å²) >= 11 is 7.96. The summed E-state index contributed by atoms with van der Waals surface area (Å²) in [4.78, 5) is 11.9. The summed E-state index contributed by atoms with van der Waals surface area (Å²) in [6.07, 6.45) is 2.33. The highest BCUT2D eigenvalue weighted by Gasteiger charge is 2.43. The van der Waals surface area contributed by atoms with Crippen LogP contribution in [0, 0.1) is 0 Å². The molecule has 1 aliphatic rings. The van der Waals surface area contributed by atoms with Gasteiger partial charge in [-0.25, -0.2) is 0 Å². The van der Waals surface area contributed by atoms with Crippen molar-refractivity contribution in [3.8, 4) is 0 Å². The summed E-state index contributed by atoms with van der Waals surface area (Å²) in [5, 5.41) is 1.18. The summed E-state index contributed by atoms with van der Waals surface area (Å²) in [5.74, 6) is 0.587. The van der Waals surface area contributed by atoms with Crippen LogP contribution >= 0.6 is 23.4 Å². The van der Waals surface area contributed by atoms with Gasteiger partial charge in [-0.05, 0) is 37.8 Å². The van der Waals surface area contributed by atoms with Gasteiger partial charge in [-0.15, -0.1) is 0 Å². The van der Waals surface area contributed by atoms with Gasteiger partial charge >= 0.3 is 5.97 Å². The number of thioether (sulfide) groups is 1. The number of esters is 1. The number of carbonyl (C=O) groups is 1. The maximum atomic E-state index is 11.9. The Labute approximate surface area is 129 Å². The van der Waals surface area contributed by atoms with Crippen molar-refractivity contribution in [2.75, 3.05) is 6.61 Å². The van der Waals surface area contributed by atoms with Crippen LogP contribution in [0.3, 0.4) is 0 Å². The van der Waals surface area contributed by atoms with Crippen molar-refractivity contribution >= 4 is 29.3 Å². The van der Waals surface area contributed by atoms with Crippen LogP contribution in [0.5, 0.6) is 0 Å². The Kier molecular flexibility index (Phi) is 5.35. The van der Waals surface area contributed by atoms with Gasteiger partial charge in [0.25, 0.3) is 0 Å². The summed E-state index contributed by atoms with van der Waals surface area (Å²) in [6, 6.07) is 7.85. The minimum absolute atomic E-state index is 0.263. The molecule has 1 aliphatic carbocycles. The molecule has 2 rings (SSSR count). The zero-order chi connectivity index (χ0) is 14.6. The SMILES string of the molecule is CCOC(=O)C1(N)CCC(SCc2ccccc2Cl)C1. The van der Waals surface area contributed by atoms with Crippen LogP contribution in [0.15, 0.2) is 24.3 Å². The fourth-order valence-corrected chi connectivity index (χ4v) is 4.10. The van der Waals surface area contributed by atoms with Crippen LogP contribution < -0.4 is 5.73 Å². The molecule has 0 heterocycles. The summed E-state index contributed by atoms with van der Waals surface area (Å²) in [6.45, 7) is 2.19. The van der Waals surface area contributed by atoms with Crippen molar-refractivity contribution in [1.29, 1.82) is 0 Å². The van der Waals surface area contributed by atoms with Gasteiger partial charge in [0.15, 0.2) is 0 Å². The monoisotopic (exact) mass is 313 g/mol. The Hall–Kier alpha value is -0.710. The lowest BCUT2D eigenvalue weighted by molar-refractivity contribution is -0.149. The van der Waals surface area contributed by atoms with Gasteiger partial charge in [-0.1, -0.05) is 29.8 Å². The standard InChI is InChI=1S/C15H20ClNO2S/c1-2-19-14(18)15(17)8-7-12(9-15)20-10-11-5-3-4-6-13(11)16/h3-6,12H,2,7-10,17H2,1H3. The molecular weight excluding hydrogens is 294 g/mol. The predicted octanol–water partition coefficient (Wildman–Crippen LogP) is 3.39. The Balaban J connectivity index is 1.88. The lowest BCUT2D eigenvalue weighted by Gasteiger charge is -2.21. The summed E-state index contributed by atoms with van der Waals surface area (Å²) in [7, 11) is 0. The second kappa shape index (κ2) is 6.83. The highest BCUT2D eigenvalue weighted by Crippen LogP contribution is 2.38. The van der Waals surface area contributed by atoms with E-state index < -0.39 is 5.54 Å². The Morgan fingerprint density at radius 1 is 1.55 bits per heavy atom. The van der Waals surface area contributed by atoms with E-state index >= 15 is 0 Å². The third kappa shape index (κ3) is 3.68. The summed E-state index contributed by atoms with van der Waals surface area (Å²) < 4.78 is 5.06. The third-order valence-electron chi connectivity index (χ3n) is 3.62. The zero-order valence-electron chi connectivity index (χ0n) is 11.6. The molecule has 1 fully saturated rings. The Morgan fingerprint density at radius 3 is 3.00 bits per heavy atom. The van der Waals surface area contributed by atoms with E-state index in [1.54, 1.807) is 6.92 Å². The van der Waals surface area contributed by atoms with Gasteiger partial charge < -0.3 is 10.5 Å². The number of carbonyl (C=O) groups excluding carboxylic acids is 1. The number of benzene rings is 1. The van der Waals surface area contributed by atoms with E-state index in [-0.39, 0.29) is 5.97 Å². The number of nitrogens with two attached hydrogens (primary N) is 1. The van der Waals surface area contributed by atoms with Crippen molar-refractivity contribution in [1.82, 2.24) is 0 Å². The van der Waals surface area contributed by atoms with E-state index in [4.69, 9.17) is 22.1 Å². The molecule has 0 spiro atoms. The molecule has 2 unspecified atom stereocenters. The number of rotatable bonds is 5. The number of halogens is 1. The van der Waals surface area contributed by atoms with E-state index in [0.29, 0.717) is 24.7 Å². The van der Waals surface area contributed by atoms with Crippen LogP contribution in [0.2, 0.25) is 5.02 Å². The third-order valence-corrected chi connectivity index (χ3v) is 5.34. The second-order valence-electron chi connectivity index (χ2n) is 5.14. The van der Waals surface area contributed by atoms with Gasteiger partial charge in [0, 0.05) is 16.0 Å². The molecule has 20 heavy (non-hydrogen) atoms. The molecule has 5 heteroatoms. The van der Waals surface area contributed by atoms with Crippen LogP contribution in [-0.4, -0.2) is 23.4 Å². The Bertz CT molecular complexity index is 483. The predicted molar refractivity (Wildman–Crippen MR) is 83.9 cm³/mol. The average Bonchev–Trinajstić information content (AvgIpc) is 2.81. The molecule has 0 radical (unpaired) electrons. The molecule has 2 atom stereocenters. The molecule has 0 amide bonds. The minimum Gasteiger partial charge on any atom is -0.465 e. The van der Waals surface area contributed by atoms with Crippen LogP contribution in [0.4, 0.5) is 0 Å². The van der Waals surface area contributed by atoms with Crippen molar-refractivity contribution in [2.45, 2.75) is 42.7 Å². The lowest BCUT2D eigenvalue weighted by Crippen LogP contribution is -2.47. The molecule has 0 aromatic heterocycles. The molecule has 0 bridgehead atoms. The first-order chi connectivity index (χ1) is 9.55. The smallest absolute Gasteiger partial charge is 0.326 e. The highest BCUT2D eigenvalue weighted by atomic mass is 35.5. The van der Waals surface area contributed by atoms with Gasteiger partial charge in [0.05, 0.1) is 6.61 Å². The van der Waals surface area contributed by atoms with Crippen LogP contribution in [-0.2, 0) is 15.3 Å². The van der Waals surface area contributed by atoms with E-state index in [1.807, 2.05) is 36.0 Å². The van der Waals surface area contributed by atoms with Crippen molar-refractivity contribution in [3.05, 3.63) is 34.9 Å². The quantitative estimate of drug-likeness (QED) is 0.847. The summed E-state index contributed by atoms with van der Waals surface area (Å²) in [5.41, 5.74) is 6.50. The molecule has 0 saturated heterocycles. The van der Waals surface area contributed by atoms with Gasteiger partial charge in [-0.2, -0.15) is 11.8 Å². The molecule has 2 N–H and O–H groups in total. The van der Waals surface area contributed by atoms with Crippen molar-refractivity contribution in [3.63, 3.8) is 0 Å². The second-order valence-corrected chi connectivity index (χ2v) is 6.84. The van der Waals surface area contributed by atoms with E-state index in [0.717, 1.165) is 22.8 Å². The maximum absolute atomic E-state index is 11.9. The number of ether oxygens (including phenoxy) is 1. The van der Waals surface area contributed by atoms with Gasteiger partial charge in [0.1, 0.15) is 5.54 Å². The minimum atomic E-state index is -0.797. The van der Waals surface area contributed by atoms with Crippen LogP contribution in [0.25, 0.3) is 0 Å². The number of hydrogen-bond donors (Lipinski definition) is 1. The first-order valence-corrected chi connectivity index (χ1v) is 8.29. The zero-order valence-corrected chi connectivity index (χ0v) is 13.2. The van der Waals surface area contributed by atoms with Gasteiger partial charge in [-0.3, -0.25) is 4.79 Å². The molecule has 1 saturated carbocycles. The van der Waals surface area contributed by atoms with Gasteiger partial charge in [0.2, 0.25) is 0 Å². The highest BCUT2D eigenvalue weighted by molar-refractivity contribution is 7.99.